The maximum atomic E-state index is 13.0. The van der Waals surface area contributed by atoms with Crippen LogP contribution in [0.25, 0.3) is 16.8 Å². The molecule has 0 bridgehead atoms. The molecule has 42 heavy (non-hydrogen) atoms. The molecule has 2 amide bonds. The van der Waals surface area contributed by atoms with Crippen molar-refractivity contribution in [3.05, 3.63) is 94.6 Å². The van der Waals surface area contributed by atoms with Gasteiger partial charge in [0, 0.05) is 28.7 Å². The first-order valence-corrected chi connectivity index (χ1v) is 12.6. The lowest BCUT2D eigenvalue weighted by Crippen LogP contribution is -2.27. The number of alkyl halides is 3. The molecular formula is C27H21Cl2F3N8O2. The maximum Gasteiger partial charge on any atom is 0.435 e. The van der Waals surface area contributed by atoms with Crippen LogP contribution in [0.4, 0.5) is 29.5 Å². The third-order valence-electron chi connectivity index (χ3n) is 5.41. The number of halogens is 5. The number of ether oxygens (including phenoxy) is 1. The van der Waals surface area contributed by atoms with Gasteiger partial charge in [0.05, 0.1) is 22.6 Å². The molecule has 10 nitrogen and oxygen atoms in total. The molecular weight excluding hydrogens is 596 g/mol. The number of anilines is 2. The fourth-order valence-electron chi connectivity index (χ4n) is 3.52. The van der Waals surface area contributed by atoms with Crippen molar-refractivity contribution in [3.8, 4) is 22.6 Å². The molecule has 2 aromatic heterocycles. The number of nitrogens with zero attached hydrogens (tertiary/aromatic N) is 5. The summed E-state index contributed by atoms with van der Waals surface area (Å²) in [7, 11) is 0. The summed E-state index contributed by atoms with van der Waals surface area (Å²) in [5.41, 5.74) is 6.83. The molecule has 0 spiro atoms. The van der Waals surface area contributed by atoms with Crippen LogP contribution < -0.4 is 21.1 Å². The number of amides is 2. The van der Waals surface area contributed by atoms with Crippen molar-refractivity contribution in [2.45, 2.75) is 13.1 Å². The van der Waals surface area contributed by atoms with Crippen molar-refractivity contribution in [3.63, 3.8) is 0 Å². The first kappa shape index (κ1) is 30.1. The number of urea groups is 1. The largest absolute Gasteiger partial charge is 0.435 e. The fourth-order valence-corrected chi connectivity index (χ4v) is 3.85. The van der Waals surface area contributed by atoms with Crippen LogP contribution in [-0.2, 0) is 6.18 Å². The lowest BCUT2D eigenvalue weighted by molar-refractivity contribution is -0.141. The van der Waals surface area contributed by atoms with Crippen LogP contribution in [0.3, 0.4) is 0 Å². The zero-order valence-corrected chi connectivity index (χ0v) is 23.2. The van der Waals surface area contributed by atoms with Crippen LogP contribution in [0.1, 0.15) is 12.6 Å². The van der Waals surface area contributed by atoms with Gasteiger partial charge in [-0.15, -0.1) is 0 Å². The highest BCUT2D eigenvalue weighted by Crippen LogP contribution is 2.31. The Hall–Kier alpha value is -4.88. The average molecular weight is 617 g/mol. The number of aromatic nitrogens is 3. The number of nitrogen functional groups attached to an aromatic ring is 1. The number of allylic oxidation sites excluding steroid dienone is 1. The average Bonchev–Trinajstić information content (AvgIpc) is 3.44. The second-order valence-electron chi connectivity index (χ2n) is 8.48. The first-order valence-electron chi connectivity index (χ1n) is 11.8. The monoisotopic (exact) mass is 616 g/mol. The summed E-state index contributed by atoms with van der Waals surface area (Å²) in [6.45, 7) is 4.98. The highest BCUT2D eigenvalue weighted by molar-refractivity contribution is 6.31. The zero-order valence-electron chi connectivity index (χ0n) is 21.7. The molecule has 2 heterocycles. The van der Waals surface area contributed by atoms with Gasteiger partial charge >= 0.3 is 18.2 Å². The van der Waals surface area contributed by atoms with Crippen molar-refractivity contribution >= 4 is 53.5 Å². The van der Waals surface area contributed by atoms with Crippen molar-refractivity contribution in [1.29, 1.82) is 0 Å². The van der Waals surface area contributed by atoms with Crippen molar-refractivity contribution in [2.75, 3.05) is 11.1 Å². The van der Waals surface area contributed by atoms with Gasteiger partial charge in [0.2, 0.25) is 0 Å². The van der Waals surface area contributed by atoms with E-state index in [1.54, 1.807) is 37.3 Å². The summed E-state index contributed by atoms with van der Waals surface area (Å²) in [6.07, 6.45) is -0.772. The Morgan fingerprint density at radius 1 is 1.12 bits per heavy atom. The van der Waals surface area contributed by atoms with E-state index in [2.05, 4.69) is 37.4 Å². The van der Waals surface area contributed by atoms with E-state index >= 15 is 0 Å². The van der Waals surface area contributed by atoms with E-state index in [-0.39, 0.29) is 28.1 Å². The van der Waals surface area contributed by atoms with Gasteiger partial charge in [0.1, 0.15) is 11.6 Å². The van der Waals surface area contributed by atoms with Crippen LogP contribution >= 0.6 is 23.2 Å². The predicted molar refractivity (Wildman–Crippen MR) is 156 cm³/mol. The predicted octanol–water partition coefficient (Wildman–Crippen LogP) is 6.96. The van der Waals surface area contributed by atoms with Gasteiger partial charge in [-0.3, -0.25) is 0 Å². The molecule has 4 rings (SSSR count). The molecule has 0 radical (unpaired) electrons. The molecule has 216 valence electrons. The minimum atomic E-state index is -4.62. The van der Waals surface area contributed by atoms with E-state index in [9.17, 15) is 18.0 Å². The molecule has 0 fully saturated rings. The Labute approximate surface area is 247 Å². The zero-order chi connectivity index (χ0) is 30.4. The smallest absolute Gasteiger partial charge is 0.424 e. The minimum Gasteiger partial charge on any atom is -0.424 e. The second-order valence-corrected chi connectivity index (χ2v) is 9.35. The molecule has 0 aliphatic carbocycles. The summed E-state index contributed by atoms with van der Waals surface area (Å²) in [5.74, 6) is 0.722. The van der Waals surface area contributed by atoms with E-state index in [4.69, 9.17) is 33.7 Å². The van der Waals surface area contributed by atoms with Crippen LogP contribution in [0, 0.1) is 0 Å². The first-order chi connectivity index (χ1) is 19.9. The lowest BCUT2D eigenvalue weighted by Gasteiger charge is -2.13. The van der Waals surface area contributed by atoms with Crippen LogP contribution in [0.2, 0.25) is 10.0 Å². The Bertz CT molecular complexity index is 1690. The van der Waals surface area contributed by atoms with E-state index in [1.165, 1.54) is 30.6 Å². The maximum absolute atomic E-state index is 13.0. The third kappa shape index (κ3) is 7.65. The molecule has 0 aliphatic rings. The molecule has 2 aromatic carbocycles. The van der Waals surface area contributed by atoms with Gasteiger partial charge in [-0.25, -0.2) is 24.4 Å². The van der Waals surface area contributed by atoms with Crippen molar-refractivity contribution in [2.24, 2.45) is 9.98 Å². The van der Waals surface area contributed by atoms with Crippen LogP contribution in [0.5, 0.6) is 5.75 Å². The highest BCUT2D eigenvalue weighted by atomic mass is 35.5. The van der Waals surface area contributed by atoms with Gasteiger partial charge in [0.15, 0.2) is 5.69 Å². The quantitative estimate of drug-likeness (QED) is 0.159. The third-order valence-corrected chi connectivity index (χ3v) is 5.85. The number of rotatable bonds is 6. The van der Waals surface area contributed by atoms with E-state index in [0.717, 1.165) is 22.5 Å². The summed E-state index contributed by atoms with van der Waals surface area (Å²) in [4.78, 5) is 24.5. The topological polar surface area (TPSA) is 132 Å². The second kappa shape index (κ2) is 12.7. The van der Waals surface area contributed by atoms with Gasteiger partial charge < -0.3 is 21.1 Å². The number of hydrogen-bond acceptors (Lipinski definition) is 6. The summed E-state index contributed by atoms with van der Waals surface area (Å²) < 4.78 is 45.6. The standard InChI is InChI=1S/C27H21Cl2F3N8O2/c1-15(13-36-26(34-2)42-19-6-3-16(4-7-19)20-11-18(29)14-35-24(20)33)37-25(41)38-21-12-17(28)5-8-22(21)40-10-9-23(39-40)27(30,31)32/h3-14H,2H2,1H3,(H2,33,35)(H2,37,38,41)/b15-13+,36-26?. The van der Waals surface area contributed by atoms with E-state index in [0.29, 0.717) is 22.2 Å². The number of nitrogens with two attached hydrogens (primary N) is 1. The number of aliphatic imine (C=N–C) groups is 2. The molecule has 0 aliphatic heterocycles. The lowest BCUT2D eigenvalue weighted by atomic mass is 10.1. The molecule has 4 aromatic rings. The van der Waals surface area contributed by atoms with Gasteiger partial charge in [-0.1, -0.05) is 35.3 Å². The molecule has 0 atom stereocenters. The summed E-state index contributed by atoms with van der Waals surface area (Å²) in [5, 5.41) is 9.30. The molecule has 4 N–H and O–H groups in total. The summed E-state index contributed by atoms with van der Waals surface area (Å²) >= 11 is 12.1. The van der Waals surface area contributed by atoms with E-state index < -0.39 is 17.9 Å². The highest BCUT2D eigenvalue weighted by Gasteiger charge is 2.33. The van der Waals surface area contributed by atoms with Gasteiger partial charge in [0.25, 0.3) is 0 Å². The number of carbonyl (C=O) groups is 1. The Kier molecular flexibility index (Phi) is 9.13. The van der Waals surface area contributed by atoms with Crippen LogP contribution in [0.15, 0.2) is 88.9 Å². The minimum absolute atomic E-state index is 0.107. The Morgan fingerprint density at radius 3 is 2.52 bits per heavy atom. The molecule has 0 unspecified atom stereocenters. The number of hydrogen-bond donors (Lipinski definition) is 3. The number of amidine groups is 1. The molecule has 0 saturated heterocycles. The number of nitrogens with one attached hydrogen (secondary N) is 2. The normalized spacial score (nSPS) is 12.1. The van der Waals surface area contributed by atoms with Crippen molar-refractivity contribution < 1.29 is 22.7 Å². The van der Waals surface area contributed by atoms with Gasteiger partial charge in [-0.05, 0) is 61.7 Å². The Morgan fingerprint density at radius 2 is 1.86 bits per heavy atom. The van der Waals surface area contributed by atoms with E-state index in [1.807, 2.05) is 0 Å². The number of carbonyl (C=O) groups excluding carboxylic acids is 1. The number of pyridine rings is 1. The van der Waals surface area contributed by atoms with Gasteiger partial charge in [-0.2, -0.15) is 18.3 Å². The molecule has 15 heteroatoms. The Balaban J connectivity index is 1.42. The van der Waals surface area contributed by atoms with Crippen LogP contribution in [-0.4, -0.2) is 33.5 Å². The fraction of sp³-hybridized carbons (Fsp3) is 0.0741. The molecule has 0 saturated carbocycles. The SMILES string of the molecule is C=NC(=N/C=C(\C)NC(=O)Nc1cc(Cl)ccc1-n1ccc(C(F)(F)F)n1)Oc1ccc(-c2cc(Cl)cnc2N)cc1. The summed E-state index contributed by atoms with van der Waals surface area (Å²) in [6, 6.07) is 12.8. The van der Waals surface area contributed by atoms with Crippen molar-refractivity contribution in [1.82, 2.24) is 20.1 Å². The number of benzene rings is 2.